The van der Waals surface area contributed by atoms with E-state index >= 15 is 0 Å². The monoisotopic (exact) mass is 497 g/mol. The van der Waals surface area contributed by atoms with Gasteiger partial charge >= 0.3 is 11.9 Å². The minimum absolute atomic E-state index is 0.0665. The number of carboxylic acids is 2. The number of amides is 4. The number of hydrogen-bond acceptors (Lipinski definition) is 9. The van der Waals surface area contributed by atoms with Crippen molar-refractivity contribution in [2.45, 2.75) is 43.4 Å². The van der Waals surface area contributed by atoms with Crippen molar-refractivity contribution in [3.8, 4) is 5.75 Å². The van der Waals surface area contributed by atoms with Gasteiger partial charge in [-0.2, -0.15) is 0 Å². The topological polar surface area (TPSA) is 271 Å². The molecule has 192 valence electrons. The highest BCUT2D eigenvalue weighted by Gasteiger charge is 2.32. The molecule has 0 aliphatic carbocycles. The minimum Gasteiger partial charge on any atom is -0.508 e. The number of aliphatic hydroxyl groups is 1. The molecule has 15 heteroatoms. The van der Waals surface area contributed by atoms with Crippen LogP contribution in [0.4, 0.5) is 0 Å². The number of hydrogen-bond donors (Lipinski definition) is 9. The number of phenolic OH excluding ortho intramolecular Hbond substituents is 1. The first-order valence-electron chi connectivity index (χ1n) is 10.1. The maximum absolute atomic E-state index is 12.9. The van der Waals surface area contributed by atoms with Gasteiger partial charge in [0.15, 0.2) is 0 Å². The predicted molar refractivity (Wildman–Crippen MR) is 116 cm³/mol. The van der Waals surface area contributed by atoms with Gasteiger partial charge in [-0.1, -0.05) is 12.1 Å². The standard InChI is InChI=1S/C20H27N5O10/c21-11(8-26)17(31)23-12(5-9-1-3-10(27)4-2-9)18(32)24-13(7-16(29)30)19(33)25-14(20(34)35)6-15(22)28/h1-4,11-14,26-27H,5-8,21H2,(H2,22,28)(H,23,31)(H,24,32)(H,25,33)(H,29,30)(H,34,35). The molecule has 0 aliphatic heterocycles. The van der Waals surface area contributed by atoms with Gasteiger partial charge in [0.25, 0.3) is 0 Å². The Bertz CT molecular complexity index is 952. The van der Waals surface area contributed by atoms with Gasteiger partial charge < -0.3 is 47.8 Å². The molecule has 35 heavy (non-hydrogen) atoms. The van der Waals surface area contributed by atoms with E-state index in [9.17, 15) is 33.9 Å². The van der Waals surface area contributed by atoms with E-state index in [0.29, 0.717) is 5.56 Å². The van der Waals surface area contributed by atoms with Gasteiger partial charge in [0.1, 0.15) is 29.9 Å². The molecule has 0 radical (unpaired) electrons. The molecule has 4 atom stereocenters. The summed E-state index contributed by atoms with van der Waals surface area (Å²) >= 11 is 0. The summed E-state index contributed by atoms with van der Waals surface area (Å²) in [7, 11) is 0. The van der Waals surface area contributed by atoms with E-state index in [2.05, 4.69) is 10.6 Å². The molecule has 0 fully saturated rings. The van der Waals surface area contributed by atoms with Gasteiger partial charge in [-0.25, -0.2) is 4.79 Å². The van der Waals surface area contributed by atoms with Crippen molar-refractivity contribution >= 4 is 35.6 Å². The molecule has 11 N–H and O–H groups in total. The molecule has 0 aromatic heterocycles. The van der Waals surface area contributed by atoms with Crippen LogP contribution >= 0.6 is 0 Å². The van der Waals surface area contributed by atoms with E-state index in [1.165, 1.54) is 24.3 Å². The Morgan fingerprint density at radius 2 is 1.31 bits per heavy atom. The van der Waals surface area contributed by atoms with E-state index in [-0.39, 0.29) is 12.2 Å². The number of carbonyl (C=O) groups excluding carboxylic acids is 4. The number of rotatable bonds is 14. The highest BCUT2D eigenvalue weighted by atomic mass is 16.4. The van der Waals surface area contributed by atoms with Crippen molar-refractivity contribution in [3.05, 3.63) is 29.8 Å². The number of carbonyl (C=O) groups is 6. The molecular formula is C20H27N5O10. The number of primary amides is 1. The Morgan fingerprint density at radius 3 is 1.80 bits per heavy atom. The Balaban J connectivity index is 3.13. The fourth-order valence-electron chi connectivity index (χ4n) is 2.77. The molecule has 4 amide bonds. The summed E-state index contributed by atoms with van der Waals surface area (Å²) in [6, 6.07) is -0.840. The Labute approximate surface area is 198 Å². The minimum atomic E-state index is -1.79. The lowest BCUT2D eigenvalue weighted by Crippen LogP contribution is -2.58. The maximum Gasteiger partial charge on any atom is 0.326 e. The number of nitrogens with two attached hydrogens (primary N) is 2. The van der Waals surface area contributed by atoms with E-state index in [0.717, 1.165) is 0 Å². The number of carboxylic acid groups (broad SMARTS) is 2. The van der Waals surface area contributed by atoms with Crippen molar-refractivity contribution in [1.29, 1.82) is 0 Å². The summed E-state index contributed by atoms with van der Waals surface area (Å²) in [6.45, 7) is -0.736. The van der Waals surface area contributed by atoms with Crippen LogP contribution in [-0.4, -0.2) is 86.8 Å². The average Bonchev–Trinajstić information content (AvgIpc) is 2.77. The van der Waals surface area contributed by atoms with Crippen LogP contribution in [0.2, 0.25) is 0 Å². The quantitative estimate of drug-likeness (QED) is 0.120. The molecule has 1 aromatic rings. The first-order valence-corrected chi connectivity index (χ1v) is 10.1. The van der Waals surface area contributed by atoms with Crippen LogP contribution in [0, 0.1) is 0 Å². The Kier molecular flexibility index (Phi) is 11.1. The molecule has 0 saturated heterocycles. The summed E-state index contributed by atoms with van der Waals surface area (Å²) in [4.78, 5) is 71.1. The lowest BCUT2D eigenvalue weighted by molar-refractivity contribution is -0.144. The van der Waals surface area contributed by atoms with Gasteiger partial charge in [0.05, 0.1) is 19.4 Å². The van der Waals surface area contributed by atoms with Crippen molar-refractivity contribution in [2.24, 2.45) is 11.5 Å². The van der Waals surface area contributed by atoms with E-state index < -0.39 is 79.2 Å². The Hall–Kier alpha value is -4.24. The third-order valence-electron chi connectivity index (χ3n) is 4.57. The largest absolute Gasteiger partial charge is 0.508 e. The number of nitrogens with one attached hydrogen (secondary N) is 3. The van der Waals surface area contributed by atoms with Crippen molar-refractivity contribution in [2.75, 3.05) is 6.61 Å². The van der Waals surface area contributed by atoms with Crippen LogP contribution in [0.15, 0.2) is 24.3 Å². The van der Waals surface area contributed by atoms with Gasteiger partial charge in [0, 0.05) is 6.42 Å². The third kappa shape index (κ3) is 10.1. The molecule has 1 rings (SSSR count). The average molecular weight is 497 g/mol. The van der Waals surface area contributed by atoms with Crippen LogP contribution in [0.3, 0.4) is 0 Å². The normalized spacial score (nSPS) is 14.0. The number of aliphatic hydroxyl groups excluding tert-OH is 1. The first kappa shape index (κ1) is 28.8. The zero-order chi connectivity index (χ0) is 26.7. The van der Waals surface area contributed by atoms with E-state index in [4.69, 9.17) is 26.8 Å². The molecule has 0 saturated carbocycles. The van der Waals surface area contributed by atoms with Gasteiger partial charge in [-0.15, -0.1) is 0 Å². The van der Waals surface area contributed by atoms with Gasteiger partial charge in [0.2, 0.25) is 23.6 Å². The van der Waals surface area contributed by atoms with Crippen molar-refractivity contribution < 1.29 is 49.2 Å². The summed E-state index contributed by atoms with van der Waals surface area (Å²) in [5, 5.41) is 43.1. The van der Waals surface area contributed by atoms with Crippen LogP contribution in [0.25, 0.3) is 0 Å². The summed E-state index contributed by atoms with van der Waals surface area (Å²) in [6.07, 6.45) is -1.93. The maximum atomic E-state index is 12.9. The lowest BCUT2D eigenvalue weighted by atomic mass is 10.0. The number of aromatic hydroxyl groups is 1. The molecule has 0 bridgehead atoms. The molecule has 15 nitrogen and oxygen atoms in total. The fourth-order valence-corrected chi connectivity index (χ4v) is 2.77. The first-order chi connectivity index (χ1) is 16.3. The van der Waals surface area contributed by atoms with Crippen LogP contribution in [-0.2, 0) is 35.2 Å². The summed E-state index contributed by atoms with van der Waals surface area (Å²) in [5.74, 6) is -7.42. The molecule has 1 aromatic carbocycles. The highest BCUT2D eigenvalue weighted by Crippen LogP contribution is 2.12. The lowest BCUT2D eigenvalue weighted by Gasteiger charge is -2.24. The zero-order valence-corrected chi connectivity index (χ0v) is 18.3. The van der Waals surface area contributed by atoms with Gasteiger partial charge in [-0.05, 0) is 17.7 Å². The fraction of sp³-hybridized carbons (Fsp3) is 0.400. The second-order valence-corrected chi connectivity index (χ2v) is 7.45. The highest BCUT2D eigenvalue weighted by molar-refractivity contribution is 5.96. The smallest absolute Gasteiger partial charge is 0.326 e. The molecule has 0 spiro atoms. The van der Waals surface area contributed by atoms with Crippen LogP contribution < -0.4 is 27.4 Å². The second kappa shape index (κ2) is 13.5. The molecule has 0 aliphatic rings. The van der Waals surface area contributed by atoms with E-state index in [1.807, 2.05) is 5.32 Å². The molecular weight excluding hydrogens is 470 g/mol. The molecule has 0 heterocycles. The van der Waals surface area contributed by atoms with Crippen molar-refractivity contribution in [1.82, 2.24) is 16.0 Å². The Morgan fingerprint density at radius 1 is 0.800 bits per heavy atom. The SMILES string of the molecule is NC(=O)CC(NC(=O)C(CC(=O)O)NC(=O)C(Cc1ccc(O)cc1)NC(=O)C(N)CO)C(=O)O. The zero-order valence-electron chi connectivity index (χ0n) is 18.3. The number of benzene rings is 1. The predicted octanol–water partition coefficient (Wildman–Crippen LogP) is -3.86. The molecule has 4 unspecified atom stereocenters. The summed E-state index contributed by atoms with van der Waals surface area (Å²) < 4.78 is 0. The number of phenols is 1. The second-order valence-electron chi connectivity index (χ2n) is 7.45. The number of aliphatic carboxylic acids is 2. The third-order valence-corrected chi connectivity index (χ3v) is 4.57. The summed E-state index contributed by atoms with van der Waals surface area (Å²) in [5.41, 5.74) is 10.9. The van der Waals surface area contributed by atoms with Gasteiger partial charge in [-0.3, -0.25) is 24.0 Å². The van der Waals surface area contributed by atoms with Crippen LogP contribution in [0.5, 0.6) is 5.75 Å². The van der Waals surface area contributed by atoms with Crippen molar-refractivity contribution in [3.63, 3.8) is 0 Å². The van der Waals surface area contributed by atoms with Crippen LogP contribution in [0.1, 0.15) is 18.4 Å². The van der Waals surface area contributed by atoms with E-state index in [1.54, 1.807) is 0 Å².